The Labute approximate surface area is 150 Å². The fraction of sp³-hybridized carbons (Fsp3) is 0.333. The monoisotopic (exact) mass is 359 g/mol. The number of fused-ring (bicyclic) bond motifs is 1. The van der Waals surface area contributed by atoms with Gasteiger partial charge in [0, 0.05) is 17.0 Å². The number of rotatable bonds is 7. The third-order valence-electron chi connectivity index (χ3n) is 3.96. The Morgan fingerprint density at radius 2 is 1.84 bits per heavy atom. The van der Waals surface area contributed by atoms with E-state index in [0.29, 0.717) is 23.8 Å². The third-order valence-corrected chi connectivity index (χ3v) is 5.15. The summed E-state index contributed by atoms with van der Waals surface area (Å²) in [5.41, 5.74) is 0.956. The summed E-state index contributed by atoms with van der Waals surface area (Å²) in [5, 5.41) is 4.43. The van der Waals surface area contributed by atoms with E-state index in [1.807, 2.05) is 12.1 Å². The van der Waals surface area contributed by atoms with Gasteiger partial charge in [-0.25, -0.2) is 9.97 Å². The van der Waals surface area contributed by atoms with Crippen molar-refractivity contribution in [2.75, 3.05) is 26.6 Å². The van der Waals surface area contributed by atoms with E-state index in [0.717, 1.165) is 28.0 Å². The van der Waals surface area contributed by atoms with Gasteiger partial charge in [0.25, 0.3) is 0 Å². The van der Waals surface area contributed by atoms with Gasteiger partial charge >= 0.3 is 0 Å². The molecule has 0 aliphatic rings. The summed E-state index contributed by atoms with van der Waals surface area (Å²) in [7, 11) is 4.83. The van der Waals surface area contributed by atoms with Crippen LogP contribution in [0.15, 0.2) is 24.5 Å². The molecule has 132 valence electrons. The molecule has 0 fully saturated rings. The summed E-state index contributed by atoms with van der Waals surface area (Å²) < 4.78 is 16.3. The van der Waals surface area contributed by atoms with Crippen LogP contribution in [0.1, 0.15) is 17.4 Å². The smallest absolute Gasteiger partial charge is 0.203 e. The first kappa shape index (κ1) is 17.3. The number of hydrogen-bond acceptors (Lipinski definition) is 7. The maximum absolute atomic E-state index is 5.53. The van der Waals surface area contributed by atoms with Gasteiger partial charge in [0.2, 0.25) is 5.75 Å². The lowest BCUT2D eigenvalue weighted by Crippen LogP contribution is -2.05. The van der Waals surface area contributed by atoms with E-state index in [-0.39, 0.29) is 0 Å². The molecule has 0 spiro atoms. The molecule has 1 aromatic carbocycles. The highest BCUT2D eigenvalue weighted by Crippen LogP contribution is 2.40. The Balaban J connectivity index is 1.90. The number of ether oxygens (including phenoxy) is 3. The lowest BCUT2D eigenvalue weighted by Gasteiger charge is -2.16. The lowest BCUT2D eigenvalue weighted by molar-refractivity contribution is 0.322. The molecule has 0 bridgehead atoms. The van der Waals surface area contributed by atoms with Gasteiger partial charge in [-0.3, -0.25) is 0 Å². The van der Waals surface area contributed by atoms with Crippen molar-refractivity contribution in [3.05, 3.63) is 35.0 Å². The summed E-state index contributed by atoms with van der Waals surface area (Å²) in [5.74, 6) is 2.69. The van der Waals surface area contributed by atoms with Gasteiger partial charge in [0.1, 0.15) is 17.0 Å². The number of benzene rings is 1. The van der Waals surface area contributed by atoms with Crippen molar-refractivity contribution in [1.82, 2.24) is 9.97 Å². The van der Waals surface area contributed by atoms with Crippen LogP contribution in [0.3, 0.4) is 0 Å². The van der Waals surface area contributed by atoms with Crippen molar-refractivity contribution in [3.63, 3.8) is 0 Å². The molecule has 0 saturated heterocycles. The molecule has 2 heterocycles. The molecule has 3 rings (SSSR count). The van der Waals surface area contributed by atoms with Crippen molar-refractivity contribution in [3.8, 4) is 17.2 Å². The Hall–Kier alpha value is -2.54. The zero-order valence-electron chi connectivity index (χ0n) is 14.8. The summed E-state index contributed by atoms with van der Waals surface area (Å²) in [6.45, 7) is 2.69. The number of aryl methyl sites for hydroxylation is 1. The predicted molar refractivity (Wildman–Crippen MR) is 100 cm³/mol. The highest BCUT2D eigenvalue weighted by atomic mass is 32.1. The number of hydrogen-bond donors (Lipinski definition) is 1. The second-order valence-corrected chi connectivity index (χ2v) is 6.47. The lowest BCUT2D eigenvalue weighted by atomic mass is 10.1. The number of anilines is 1. The molecule has 2 aromatic heterocycles. The summed E-state index contributed by atoms with van der Waals surface area (Å²) in [6, 6.07) is 5.97. The van der Waals surface area contributed by atoms with E-state index in [4.69, 9.17) is 14.2 Å². The highest BCUT2D eigenvalue weighted by Gasteiger charge is 2.16. The molecular formula is C18H21N3O3S. The van der Waals surface area contributed by atoms with E-state index in [1.165, 1.54) is 4.88 Å². The largest absolute Gasteiger partial charge is 0.493 e. The van der Waals surface area contributed by atoms with Crippen LogP contribution in [0.2, 0.25) is 0 Å². The van der Waals surface area contributed by atoms with Crippen LogP contribution < -0.4 is 19.5 Å². The van der Waals surface area contributed by atoms with Crippen LogP contribution >= 0.6 is 11.3 Å². The molecule has 0 unspecified atom stereocenters. The average Bonchev–Trinajstić information content (AvgIpc) is 3.09. The first-order valence-corrected chi connectivity index (χ1v) is 8.78. The topological polar surface area (TPSA) is 65.5 Å². The van der Waals surface area contributed by atoms with Crippen molar-refractivity contribution < 1.29 is 14.2 Å². The molecule has 0 aliphatic heterocycles. The fourth-order valence-electron chi connectivity index (χ4n) is 2.70. The van der Waals surface area contributed by atoms with Crippen LogP contribution in [-0.4, -0.2) is 31.3 Å². The number of nitrogens with one attached hydrogen (secondary N) is 1. The first-order valence-electron chi connectivity index (χ1n) is 7.96. The van der Waals surface area contributed by atoms with E-state index >= 15 is 0 Å². The van der Waals surface area contributed by atoms with Crippen LogP contribution in [0.4, 0.5) is 5.82 Å². The third kappa shape index (κ3) is 3.32. The normalized spacial score (nSPS) is 10.7. The maximum Gasteiger partial charge on any atom is 0.203 e. The molecule has 1 N–H and O–H groups in total. The van der Waals surface area contributed by atoms with E-state index < -0.39 is 0 Å². The second kappa shape index (κ2) is 7.57. The number of aromatic nitrogens is 2. The van der Waals surface area contributed by atoms with Gasteiger partial charge in [-0.15, -0.1) is 11.3 Å². The molecule has 0 radical (unpaired) electrons. The van der Waals surface area contributed by atoms with E-state index in [1.54, 1.807) is 39.0 Å². The minimum Gasteiger partial charge on any atom is -0.493 e. The van der Waals surface area contributed by atoms with Crippen molar-refractivity contribution in [1.29, 1.82) is 0 Å². The Morgan fingerprint density at radius 3 is 2.52 bits per heavy atom. The van der Waals surface area contributed by atoms with Gasteiger partial charge in [-0.05, 0) is 24.6 Å². The maximum atomic E-state index is 5.53. The zero-order chi connectivity index (χ0) is 17.8. The van der Waals surface area contributed by atoms with Gasteiger partial charge in [0.05, 0.1) is 26.7 Å². The number of nitrogens with zero attached hydrogens (tertiary/aromatic N) is 2. The van der Waals surface area contributed by atoms with E-state index in [2.05, 4.69) is 28.3 Å². The average molecular weight is 359 g/mol. The van der Waals surface area contributed by atoms with Crippen molar-refractivity contribution in [2.45, 2.75) is 19.9 Å². The zero-order valence-corrected chi connectivity index (χ0v) is 15.6. The quantitative estimate of drug-likeness (QED) is 0.690. The molecule has 0 saturated carbocycles. The predicted octanol–water partition coefficient (Wildman–Crippen LogP) is 3.89. The van der Waals surface area contributed by atoms with Crippen LogP contribution in [0, 0.1) is 0 Å². The van der Waals surface area contributed by atoms with Gasteiger partial charge in [0.15, 0.2) is 11.5 Å². The summed E-state index contributed by atoms with van der Waals surface area (Å²) in [6.07, 6.45) is 2.58. The van der Waals surface area contributed by atoms with Gasteiger partial charge < -0.3 is 19.5 Å². The minimum atomic E-state index is 0.549. The Morgan fingerprint density at radius 1 is 1.04 bits per heavy atom. The standard InChI is InChI=1S/C18H21N3O3S/c1-5-12-8-13-17(20-10-21-18(13)25-12)19-9-11-6-7-14(22-2)16(24-4)15(11)23-3/h6-8,10H,5,9H2,1-4H3,(H,19,20,21). The van der Waals surface area contributed by atoms with Crippen LogP contribution in [0.5, 0.6) is 17.2 Å². The summed E-state index contributed by atoms with van der Waals surface area (Å²) in [4.78, 5) is 11.0. The SMILES string of the molecule is CCc1cc2c(NCc3ccc(OC)c(OC)c3OC)ncnc2s1. The number of methoxy groups -OCH3 is 3. The molecule has 6 nitrogen and oxygen atoms in total. The highest BCUT2D eigenvalue weighted by molar-refractivity contribution is 7.18. The van der Waals surface area contributed by atoms with Crippen molar-refractivity contribution in [2.24, 2.45) is 0 Å². The first-order chi connectivity index (χ1) is 12.2. The van der Waals surface area contributed by atoms with Gasteiger partial charge in [-0.2, -0.15) is 0 Å². The van der Waals surface area contributed by atoms with E-state index in [9.17, 15) is 0 Å². The molecular weight excluding hydrogens is 338 g/mol. The molecule has 7 heteroatoms. The Kier molecular flexibility index (Phi) is 5.23. The molecule has 0 atom stereocenters. The molecule has 3 aromatic rings. The molecule has 0 amide bonds. The Bertz CT molecular complexity index is 879. The van der Waals surface area contributed by atoms with Gasteiger partial charge in [-0.1, -0.05) is 6.92 Å². The van der Waals surface area contributed by atoms with Crippen LogP contribution in [-0.2, 0) is 13.0 Å². The molecule has 25 heavy (non-hydrogen) atoms. The second-order valence-electron chi connectivity index (χ2n) is 5.35. The molecule has 0 aliphatic carbocycles. The minimum absolute atomic E-state index is 0.549. The number of thiophene rings is 1. The van der Waals surface area contributed by atoms with Crippen LogP contribution in [0.25, 0.3) is 10.2 Å². The summed E-state index contributed by atoms with van der Waals surface area (Å²) >= 11 is 1.70. The fourth-order valence-corrected chi connectivity index (χ4v) is 3.64. The van der Waals surface area contributed by atoms with Crippen molar-refractivity contribution >= 4 is 27.4 Å².